The Bertz CT molecular complexity index is 778. The van der Waals surface area contributed by atoms with E-state index in [0.717, 1.165) is 0 Å². The lowest BCUT2D eigenvalue weighted by molar-refractivity contribution is -0.127. The fourth-order valence-electron chi connectivity index (χ4n) is 2.53. The van der Waals surface area contributed by atoms with Crippen LogP contribution in [-0.2, 0) is 16.2 Å². The van der Waals surface area contributed by atoms with Crippen LogP contribution in [0, 0.1) is 0 Å². The molecular weight excluding hydrogens is 310 g/mol. The largest absolute Gasteiger partial charge is 0.479 e. The Hall–Kier alpha value is -2.93. The summed E-state index contributed by atoms with van der Waals surface area (Å²) in [6.45, 7) is 1.28. The standard InChI is InChI=1S/C17H17N3O4/c1-11-17(23)20(14-4-2-3-5-15(14)24-11)9-16(22)19-13-8-18-7-6-12(13)10-21/h2-8,11,21H,9-10H2,1H3,(H,19,22). The predicted molar refractivity (Wildman–Crippen MR) is 87.7 cm³/mol. The molecule has 1 aromatic heterocycles. The van der Waals surface area contributed by atoms with Gasteiger partial charge in [0.1, 0.15) is 12.3 Å². The van der Waals surface area contributed by atoms with Crippen molar-refractivity contribution in [2.45, 2.75) is 19.6 Å². The summed E-state index contributed by atoms with van der Waals surface area (Å²) in [5, 5.41) is 12.0. The molecule has 1 atom stereocenters. The molecule has 2 aromatic rings. The Morgan fingerprint density at radius 2 is 2.17 bits per heavy atom. The number of anilines is 2. The molecule has 0 radical (unpaired) electrons. The molecule has 2 N–H and O–H groups in total. The van der Waals surface area contributed by atoms with Crippen molar-refractivity contribution in [2.75, 3.05) is 16.8 Å². The third-order valence-electron chi connectivity index (χ3n) is 3.73. The average Bonchev–Trinajstić information content (AvgIpc) is 2.59. The second kappa shape index (κ2) is 6.67. The highest BCUT2D eigenvalue weighted by Crippen LogP contribution is 2.33. The SMILES string of the molecule is CC1Oc2ccccc2N(CC(=O)Nc2cnccc2CO)C1=O. The first-order valence-corrected chi connectivity index (χ1v) is 7.51. The van der Waals surface area contributed by atoms with Crippen LogP contribution in [0.4, 0.5) is 11.4 Å². The zero-order valence-corrected chi connectivity index (χ0v) is 13.1. The molecule has 1 aromatic carbocycles. The number of aliphatic hydroxyl groups excluding tert-OH is 1. The minimum Gasteiger partial charge on any atom is -0.479 e. The van der Waals surface area contributed by atoms with E-state index in [1.54, 1.807) is 31.2 Å². The lowest BCUT2D eigenvalue weighted by atomic mass is 10.2. The molecule has 1 unspecified atom stereocenters. The molecule has 1 aliphatic rings. The highest BCUT2D eigenvalue weighted by Gasteiger charge is 2.32. The van der Waals surface area contributed by atoms with Gasteiger partial charge >= 0.3 is 0 Å². The normalized spacial score (nSPS) is 16.3. The molecule has 2 heterocycles. The number of aliphatic hydroxyl groups is 1. The quantitative estimate of drug-likeness (QED) is 0.884. The van der Waals surface area contributed by atoms with Crippen LogP contribution >= 0.6 is 0 Å². The van der Waals surface area contributed by atoms with E-state index in [0.29, 0.717) is 22.7 Å². The number of ether oxygens (including phenoxy) is 1. The van der Waals surface area contributed by atoms with Crippen LogP contribution in [0.1, 0.15) is 12.5 Å². The van der Waals surface area contributed by atoms with Crippen molar-refractivity contribution in [1.82, 2.24) is 4.98 Å². The fraction of sp³-hybridized carbons (Fsp3) is 0.235. The zero-order chi connectivity index (χ0) is 17.1. The highest BCUT2D eigenvalue weighted by atomic mass is 16.5. The Balaban J connectivity index is 1.80. The van der Waals surface area contributed by atoms with Crippen molar-refractivity contribution in [3.8, 4) is 5.75 Å². The molecule has 1 aliphatic heterocycles. The molecule has 2 amide bonds. The number of carbonyl (C=O) groups is 2. The van der Waals surface area contributed by atoms with Gasteiger partial charge in [0.15, 0.2) is 6.10 Å². The lowest BCUT2D eigenvalue weighted by Gasteiger charge is -2.32. The molecule has 0 bridgehead atoms. The number of aromatic nitrogens is 1. The summed E-state index contributed by atoms with van der Waals surface area (Å²) in [4.78, 5) is 30.0. The zero-order valence-electron chi connectivity index (χ0n) is 13.1. The van der Waals surface area contributed by atoms with Crippen LogP contribution in [0.3, 0.4) is 0 Å². The van der Waals surface area contributed by atoms with Crippen LogP contribution < -0.4 is 15.0 Å². The van der Waals surface area contributed by atoms with Crippen molar-refractivity contribution >= 4 is 23.2 Å². The number of fused-ring (bicyclic) bond motifs is 1. The maximum Gasteiger partial charge on any atom is 0.268 e. The van der Waals surface area contributed by atoms with E-state index in [1.807, 2.05) is 6.07 Å². The Morgan fingerprint density at radius 3 is 2.96 bits per heavy atom. The first-order valence-electron chi connectivity index (χ1n) is 7.51. The second-order valence-electron chi connectivity index (χ2n) is 5.39. The molecule has 3 rings (SSSR count). The van der Waals surface area contributed by atoms with Gasteiger partial charge in [0.25, 0.3) is 5.91 Å². The van der Waals surface area contributed by atoms with E-state index in [1.165, 1.54) is 17.3 Å². The number of benzene rings is 1. The summed E-state index contributed by atoms with van der Waals surface area (Å²) in [5.74, 6) is -0.0952. The summed E-state index contributed by atoms with van der Waals surface area (Å²) < 4.78 is 5.54. The molecule has 124 valence electrons. The van der Waals surface area contributed by atoms with Crippen LogP contribution in [-0.4, -0.2) is 34.6 Å². The average molecular weight is 327 g/mol. The molecule has 0 spiro atoms. The van der Waals surface area contributed by atoms with E-state index in [2.05, 4.69) is 10.3 Å². The molecule has 0 aliphatic carbocycles. The van der Waals surface area contributed by atoms with Crippen molar-refractivity contribution < 1.29 is 19.4 Å². The van der Waals surface area contributed by atoms with Gasteiger partial charge in [-0.25, -0.2) is 0 Å². The summed E-state index contributed by atoms with van der Waals surface area (Å²) in [7, 11) is 0. The Kier molecular flexibility index (Phi) is 4.43. The van der Waals surface area contributed by atoms with E-state index in [4.69, 9.17) is 4.74 Å². The number of para-hydroxylation sites is 2. The Morgan fingerprint density at radius 1 is 1.38 bits per heavy atom. The minimum absolute atomic E-state index is 0.149. The summed E-state index contributed by atoms with van der Waals surface area (Å²) in [5.41, 5.74) is 1.54. The predicted octanol–water partition coefficient (Wildman–Crippen LogP) is 1.33. The number of rotatable bonds is 4. The van der Waals surface area contributed by atoms with Crippen molar-refractivity contribution in [3.63, 3.8) is 0 Å². The minimum atomic E-state index is -0.654. The third kappa shape index (κ3) is 3.07. The van der Waals surface area contributed by atoms with E-state index < -0.39 is 6.10 Å². The monoisotopic (exact) mass is 327 g/mol. The van der Waals surface area contributed by atoms with Crippen molar-refractivity contribution in [3.05, 3.63) is 48.3 Å². The van der Waals surface area contributed by atoms with Gasteiger partial charge in [-0.15, -0.1) is 0 Å². The number of nitrogens with one attached hydrogen (secondary N) is 1. The van der Waals surface area contributed by atoms with E-state index in [9.17, 15) is 14.7 Å². The number of amides is 2. The van der Waals surface area contributed by atoms with Gasteiger partial charge in [-0.1, -0.05) is 12.1 Å². The van der Waals surface area contributed by atoms with Crippen LogP contribution in [0.15, 0.2) is 42.7 Å². The number of hydrogen-bond acceptors (Lipinski definition) is 5. The van der Waals surface area contributed by atoms with Gasteiger partial charge in [0.05, 0.1) is 24.2 Å². The summed E-state index contributed by atoms with van der Waals surface area (Å²) >= 11 is 0. The summed E-state index contributed by atoms with van der Waals surface area (Å²) in [6.07, 6.45) is 2.34. The highest BCUT2D eigenvalue weighted by molar-refractivity contribution is 6.06. The van der Waals surface area contributed by atoms with Crippen LogP contribution in [0.5, 0.6) is 5.75 Å². The lowest BCUT2D eigenvalue weighted by Crippen LogP contribution is -2.47. The third-order valence-corrected chi connectivity index (χ3v) is 3.73. The van der Waals surface area contributed by atoms with Gasteiger partial charge in [-0.3, -0.25) is 19.5 Å². The van der Waals surface area contributed by atoms with Crippen molar-refractivity contribution in [1.29, 1.82) is 0 Å². The molecule has 24 heavy (non-hydrogen) atoms. The smallest absolute Gasteiger partial charge is 0.268 e. The molecule has 7 nitrogen and oxygen atoms in total. The van der Waals surface area contributed by atoms with E-state index >= 15 is 0 Å². The number of nitrogens with zero attached hydrogens (tertiary/aromatic N) is 2. The first kappa shape index (κ1) is 15.9. The molecule has 0 saturated heterocycles. The van der Waals surface area contributed by atoms with Crippen LogP contribution in [0.2, 0.25) is 0 Å². The van der Waals surface area contributed by atoms with Gasteiger partial charge < -0.3 is 15.2 Å². The fourth-order valence-corrected chi connectivity index (χ4v) is 2.53. The second-order valence-corrected chi connectivity index (χ2v) is 5.39. The topological polar surface area (TPSA) is 91.8 Å². The molecule has 7 heteroatoms. The van der Waals surface area contributed by atoms with Crippen LogP contribution in [0.25, 0.3) is 0 Å². The van der Waals surface area contributed by atoms with Gasteiger partial charge in [0.2, 0.25) is 5.91 Å². The number of pyridine rings is 1. The summed E-state index contributed by atoms with van der Waals surface area (Å²) in [6, 6.07) is 8.70. The Labute approximate surface area is 138 Å². The number of carbonyl (C=O) groups excluding carboxylic acids is 2. The number of hydrogen-bond donors (Lipinski definition) is 2. The van der Waals surface area contributed by atoms with E-state index in [-0.39, 0.29) is 25.0 Å². The molecule has 0 fully saturated rings. The van der Waals surface area contributed by atoms with Gasteiger partial charge in [0, 0.05) is 11.8 Å². The van der Waals surface area contributed by atoms with Gasteiger partial charge in [-0.05, 0) is 25.1 Å². The van der Waals surface area contributed by atoms with Crippen molar-refractivity contribution in [2.24, 2.45) is 0 Å². The first-order chi connectivity index (χ1) is 11.6. The molecular formula is C17H17N3O4. The maximum absolute atomic E-state index is 12.4. The van der Waals surface area contributed by atoms with Gasteiger partial charge in [-0.2, -0.15) is 0 Å². The maximum atomic E-state index is 12.4. The molecule has 0 saturated carbocycles.